The van der Waals surface area contributed by atoms with Crippen LogP contribution in [0.15, 0.2) is 22.0 Å². The second kappa shape index (κ2) is 5.90. The van der Waals surface area contributed by atoms with Gasteiger partial charge in [-0.2, -0.15) is 0 Å². The minimum Gasteiger partial charge on any atom is -0.493 e. The predicted molar refractivity (Wildman–Crippen MR) is 81.0 cm³/mol. The first-order valence-corrected chi connectivity index (χ1v) is 7.37. The average Bonchev–Trinajstić information content (AvgIpc) is 2.87. The zero-order valence-corrected chi connectivity index (χ0v) is 13.3. The molecule has 1 unspecified atom stereocenters. The highest BCUT2D eigenvalue weighted by Crippen LogP contribution is 2.39. The molecule has 0 aliphatic rings. The van der Waals surface area contributed by atoms with Crippen LogP contribution in [-0.4, -0.2) is 19.2 Å². The van der Waals surface area contributed by atoms with E-state index in [2.05, 4.69) is 20.9 Å². The zero-order chi connectivity index (χ0) is 14.0. The maximum absolute atomic E-state index is 5.84. The van der Waals surface area contributed by atoms with Gasteiger partial charge < -0.3 is 15.2 Å². The molecule has 2 N–H and O–H groups in total. The fourth-order valence-electron chi connectivity index (χ4n) is 1.67. The number of benzene rings is 1. The number of ether oxygens (including phenoxy) is 2. The van der Waals surface area contributed by atoms with Gasteiger partial charge in [-0.05, 0) is 35.0 Å². The van der Waals surface area contributed by atoms with Crippen LogP contribution in [0.3, 0.4) is 0 Å². The number of nitrogens with two attached hydrogens (primary N) is 1. The summed E-state index contributed by atoms with van der Waals surface area (Å²) in [5.41, 5.74) is 7.68. The van der Waals surface area contributed by atoms with E-state index in [-0.39, 0.29) is 6.04 Å². The number of halogens is 1. The lowest BCUT2D eigenvalue weighted by Gasteiger charge is -2.10. The Kier molecular flexibility index (Phi) is 4.44. The summed E-state index contributed by atoms with van der Waals surface area (Å²) in [6.45, 7) is 1.92. The summed E-state index contributed by atoms with van der Waals surface area (Å²) in [6, 6.07) is 3.72. The third kappa shape index (κ3) is 2.91. The van der Waals surface area contributed by atoms with E-state index in [9.17, 15) is 0 Å². The minimum atomic E-state index is -0.0577. The van der Waals surface area contributed by atoms with Crippen LogP contribution in [0.4, 0.5) is 0 Å². The topological polar surface area (TPSA) is 57.4 Å². The molecular formula is C13H15BrN2O2S. The quantitative estimate of drug-likeness (QED) is 0.921. The summed E-state index contributed by atoms with van der Waals surface area (Å²) in [5.74, 6) is 1.36. The van der Waals surface area contributed by atoms with Crippen molar-refractivity contribution in [2.75, 3.05) is 14.2 Å². The Labute approximate surface area is 124 Å². The average molecular weight is 343 g/mol. The third-order valence-electron chi connectivity index (χ3n) is 2.66. The van der Waals surface area contributed by atoms with Crippen molar-refractivity contribution in [3.05, 3.63) is 27.0 Å². The number of aromatic nitrogens is 1. The molecule has 0 aliphatic carbocycles. The van der Waals surface area contributed by atoms with Crippen molar-refractivity contribution in [1.29, 1.82) is 0 Å². The highest BCUT2D eigenvalue weighted by molar-refractivity contribution is 9.10. The van der Waals surface area contributed by atoms with Crippen LogP contribution < -0.4 is 15.2 Å². The fourth-order valence-corrected chi connectivity index (χ4v) is 2.97. The monoisotopic (exact) mass is 342 g/mol. The third-order valence-corrected chi connectivity index (χ3v) is 4.36. The summed E-state index contributed by atoms with van der Waals surface area (Å²) in [7, 11) is 3.23. The molecule has 0 aliphatic heterocycles. The predicted octanol–water partition coefficient (Wildman–Crippen LogP) is 3.61. The molecule has 19 heavy (non-hydrogen) atoms. The maximum Gasteiger partial charge on any atom is 0.161 e. The molecular weight excluding hydrogens is 328 g/mol. The molecule has 1 aromatic carbocycles. The van der Waals surface area contributed by atoms with E-state index < -0.39 is 0 Å². The fraction of sp³-hybridized carbons (Fsp3) is 0.308. The lowest BCUT2D eigenvalue weighted by Crippen LogP contribution is -2.03. The first-order valence-electron chi connectivity index (χ1n) is 5.69. The molecule has 1 aromatic heterocycles. The smallest absolute Gasteiger partial charge is 0.161 e. The van der Waals surface area contributed by atoms with Crippen LogP contribution in [0.2, 0.25) is 0 Å². The standard InChI is InChI=1S/C13H15BrN2O2S/c1-7(15)13-16-10(6-19-13)8-4-11(17-2)12(18-3)5-9(8)14/h4-7H,15H2,1-3H3. The summed E-state index contributed by atoms with van der Waals surface area (Å²) >= 11 is 5.09. The Morgan fingerprint density at radius 2 is 1.89 bits per heavy atom. The van der Waals surface area contributed by atoms with Crippen molar-refractivity contribution in [2.24, 2.45) is 5.73 Å². The van der Waals surface area contributed by atoms with Gasteiger partial charge >= 0.3 is 0 Å². The van der Waals surface area contributed by atoms with E-state index >= 15 is 0 Å². The molecule has 1 atom stereocenters. The van der Waals surface area contributed by atoms with Gasteiger partial charge in [-0.1, -0.05) is 0 Å². The molecule has 0 spiro atoms. The lowest BCUT2D eigenvalue weighted by molar-refractivity contribution is 0.355. The van der Waals surface area contributed by atoms with Gasteiger partial charge in [0.05, 0.1) is 26.0 Å². The maximum atomic E-state index is 5.84. The lowest BCUT2D eigenvalue weighted by atomic mass is 10.1. The van der Waals surface area contributed by atoms with Gasteiger partial charge in [0, 0.05) is 15.4 Å². The van der Waals surface area contributed by atoms with Crippen molar-refractivity contribution < 1.29 is 9.47 Å². The molecule has 1 heterocycles. The van der Waals surface area contributed by atoms with Crippen LogP contribution in [0.5, 0.6) is 11.5 Å². The zero-order valence-electron chi connectivity index (χ0n) is 10.9. The van der Waals surface area contributed by atoms with Crippen LogP contribution in [0, 0.1) is 0 Å². The highest BCUT2D eigenvalue weighted by Gasteiger charge is 2.14. The SMILES string of the molecule is COc1cc(Br)c(-c2csc(C(C)N)n2)cc1OC. The van der Waals surface area contributed by atoms with E-state index in [1.807, 2.05) is 24.4 Å². The first kappa shape index (κ1) is 14.3. The van der Waals surface area contributed by atoms with Crippen molar-refractivity contribution in [1.82, 2.24) is 4.98 Å². The van der Waals surface area contributed by atoms with Gasteiger partial charge in [0.15, 0.2) is 11.5 Å². The minimum absolute atomic E-state index is 0.0577. The van der Waals surface area contributed by atoms with Gasteiger partial charge in [-0.25, -0.2) is 4.98 Å². The van der Waals surface area contributed by atoms with E-state index in [1.54, 1.807) is 25.6 Å². The number of hydrogen-bond acceptors (Lipinski definition) is 5. The molecule has 6 heteroatoms. The molecule has 4 nitrogen and oxygen atoms in total. The molecule has 0 amide bonds. The summed E-state index contributed by atoms with van der Waals surface area (Å²) in [4.78, 5) is 4.54. The number of thiazole rings is 1. The second-order valence-corrected chi connectivity index (χ2v) is 5.79. The van der Waals surface area contributed by atoms with E-state index in [1.165, 1.54) is 0 Å². The van der Waals surface area contributed by atoms with Crippen molar-refractivity contribution >= 4 is 27.3 Å². The largest absolute Gasteiger partial charge is 0.493 e. The summed E-state index contributed by atoms with van der Waals surface area (Å²) in [6.07, 6.45) is 0. The highest BCUT2D eigenvalue weighted by atomic mass is 79.9. The van der Waals surface area contributed by atoms with Crippen LogP contribution in [-0.2, 0) is 0 Å². The molecule has 0 saturated heterocycles. The molecule has 2 aromatic rings. The summed E-state index contributed by atoms with van der Waals surface area (Å²) < 4.78 is 11.5. The van der Waals surface area contributed by atoms with E-state index in [4.69, 9.17) is 15.2 Å². The number of methoxy groups -OCH3 is 2. The van der Waals surface area contributed by atoms with E-state index in [0.29, 0.717) is 11.5 Å². The van der Waals surface area contributed by atoms with Gasteiger partial charge in [0.25, 0.3) is 0 Å². The molecule has 2 rings (SSSR count). The van der Waals surface area contributed by atoms with Crippen molar-refractivity contribution in [3.63, 3.8) is 0 Å². The first-order chi connectivity index (χ1) is 9.06. The molecule has 0 bridgehead atoms. The summed E-state index contributed by atoms with van der Waals surface area (Å²) in [5, 5.41) is 2.90. The molecule has 0 saturated carbocycles. The Bertz CT molecular complexity index is 584. The Morgan fingerprint density at radius 3 is 2.42 bits per heavy atom. The number of nitrogens with zero attached hydrogens (tertiary/aromatic N) is 1. The molecule has 102 valence electrons. The van der Waals surface area contributed by atoms with Crippen LogP contribution in [0.25, 0.3) is 11.3 Å². The Hall–Kier alpha value is -1.11. The Balaban J connectivity index is 2.49. The van der Waals surface area contributed by atoms with Crippen molar-refractivity contribution in [3.8, 4) is 22.8 Å². The normalized spacial score (nSPS) is 12.3. The second-order valence-electron chi connectivity index (χ2n) is 4.05. The molecule has 0 fully saturated rings. The number of hydrogen-bond donors (Lipinski definition) is 1. The van der Waals surface area contributed by atoms with Crippen LogP contribution >= 0.6 is 27.3 Å². The number of rotatable bonds is 4. The van der Waals surface area contributed by atoms with Gasteiger partial charge in [-0.15, -0.1) is 11.3 Å². The van der Waals surface area contributed by atoms with Gasteiger partial charge in [0.2, 0.25) is 0 Å². The van der Waals surface area contributed by atoms with Gasteiger partial charge in [-0.3, -0.25) is 0 Å². The Morgan fingerprint density at radius 1 is 1.26 bits per heavy atom. The van der Waals surface area contributed by atoms with Crippen molar-refractivity contribution in [2.45, 2.75) is 13.0 Å². The van der Waals surface area contributed by atoms with E-state index in [0.717, 1.165) is 20.7 Å². The molecule has 0 radical (unpaired) electrons. The van der Waals surface area contributed by atoms with Gasteiger partial charge in [0.1, 0.15) is 5.01 Å². The van der Waals surface area contributed by atoms with Crippen LogP contribution in [0.1, 0.15) is 18.0 Å².